The highest BCUT2D eigenvalue weighted by molar-refractivity contribution is 5.85. The zero-order valence-electron chi connectivity index (χ0n) is 15.8. The molecule has 1 aliphatic rings. The third-order valence-electron chi connectivity index (χ3n) is 5.09. The van der Waals surface area contributed by atoms with Crippen LogP contribution < -0.4 is 15.1 Å². The summed E-state index contributed by atoms with van der Waals surface area (Å²) in [6.45, 7) is 7.38. The van der Waals surface area contributed by atoms with Gasteiger partial charge in [0.15, 0.2) is 6.54 Å². The summed E-state index contributed by atoms with van der Waals surface area (Å²) >= 11 is 0. The van der Waals surface area contributed by atoms with Crippen molar-refractivity contribution in [3.05, 3.63) is 24.3 Å². The van der Waals surface area contributed by atoms with Crippen LogP contribution in [0.4, 0.5) is 5.69 Å². The molecule has 2 rings (SSSR count). The van der Waals surface area contributed by atoms with E-state index in [1.807, 2.05) is 26.0 Å². The highest BCUT2D eigenvalue weighted by Gasteiger charge is 2.29. The van der Waals surface area contributed by atoms with Gasteiger partial charge in [0.25, 0.3) is 5.91 Å². The SMILES string of the molecule is CC[C@H](C)[C@H](NC(=O)C[NH+]1CCN(c2ccccc2O)CC1)C(=O)OC. The number of para-hydroxylation sites is 2. The van der Waals surface area contributed by atoms with Crippen molar-refractivity contribution in [1.29, 1.82) is 0 Å². The maximum Gasteiger partial charge on any atom is 0.328 e. The summed E-state index contributed by atoms with van der Waals surface area (Å²) in [5.74, 6) is -0.221. The Morgan fingerprint density at radius 1 is 1.31 bits per heavy atom. The second-order valence-electron chi connectivity index (χ2n) is 6.86. The van der Waals surface area contributed by atoms with E-state index in [0.29, 0.717) is 6.54 Å². The van der Waals surface area contributed by atoms with Crippen molar-refractivity contribution in [3.63, 3.8) is 0 Å². The van der Waals surface area contributed by atoms with Gasteiger partial charge >= 0.3 is 5.97 Å². The normalized spacial score (nSPS) is 17.4. The molecule has 1 saturated heterocycles. The van der Waals surface area contributed by atoms with E-state index >= 15 is 0 Å². The van der Waals surface area contributed by atoms with Crippen molar-refractivity contribution in [2.45, 2.75) is 26.3 Å². The number of ether oxygens (including phenoxy) is 1. The molecule has 1 fully saturated rings. The molecule has 1 aromatic carbocycles. The third-order valence-corrected chi connectivity index (χ3v) is 5.09. The number of benzene rings is 1. The van der Waals surface area contributed by atoms with E-state index in [9.17, 15) is 14.7 Å². The molecule has 144 valence electrons. The van der Waals surface area contributed by atoms with Crippen LogP contribution in [0.5, 0.6) is 5.75 Å². The number of hydrogen-bond acceptors (Lipinski definition) is 5. The first-order valence-electron chi connectivity index (χ1n) is 9.20. The molecule has 0 aliphatic carbocycles. The predicted octanol–water partition coefficient (Wildman–Crippen LogP) is -0.199. The number of anilines is 1. The molecule has 7 heteroatoms. The number of rotatable bonds is 7. The number of nitrogens with one attached hydrogen (secondary N) is 2. The minimum Gasteiger partial charge on any atom is -0.506 e. The maximum atomic E-state index is 12.4. The number of aromatic hydroxyl groups is 1. The fraction of sp³-hybridized carbons (Fsp3) is 0.579. The first-order chi connectivity index (χ1) is 12.5. The molecule has 1 aromatic rings. The average molecular weight is 364 g/mol. The number of amides is 1. The number of esters is 1. The number of quaternary nitrogens is 1. The van der Waals surface area contributed by atoms with Gasteiger partial charge in [-0.25, -0.2) is 4.79 Å². The first-order valence-corrected chi connectivity index (χ1v) is 9.20. The fourth-order valence-electron chi connectivity index (χ4n) is 3.22. The molecular formula is C19H30N3O4+. The van der Waals surface area contributed by atoms with E-state index in [1.165, 1.54) is 12.0 Å². The molecule has 3 N–H and O–H groups in total. The maximum absolute atomic E-state index is 12.4. The van der Waals surface area contributed by atoms with Gasteiger partial charge in [0, 0.05) is 0 Å². The Labute approximate surface area is 154 Å². The second kappa shape index (κ2) is 9.43. The molecule has 2 atom stereocenters. The summed E-state index contributed by atoms with van der Waals surface area (Å²) in [5, 5.41) is 12.8. The summed E-state index contributed by atoms with van der Waals surface area (Å²) in [7, 11) is 1.34. The van der Waals surface area contributed by atoms with E-state index in [-0.39, 0.29) is 17.6 Å². The van der Waals surface area contributed by atoms with Gasteiger partial charge < -0.3 is 25.0 Å². The Balaban J connectivity index is 1.85. The molecule has 7 nitrogen and oxygen atoms in total. The number of carbonyl (C=O) groups is 2. The molecule has 0 unspecified atom stereocenters. The number of phenols is 1. The summed E-state index contributed by atoms with van der Waals surface area (Å²) in [4.78, 5) is 27.6. The number of nitrogens with zero attached hydrogens (tertiary/aromatic N) is 1. The van der Waals surface area contributed by atoms with Crippen LogP contribution in [0.2, 0.25) is 0 Å². The zero-order chi connectivity index (χ0) is 19.1. The number of phenolic OH excluding ortho intramolecular Hbond substituents is 1. The first kappa shape index (κ1) is 20.0. The number of hydrogen-bond donors (Lipinski definition) is 3. The van der Waals surface area contributed by atoms with E-state index in [1.54, 1.807) is 12.1 Å². The standard InChI is InChI=1S/C19H29N3O4/c1-4-14(2)18(19(25)26-3)20-17(24)13-21-9-11-22(12-10-21)15-7-5-6-8-16(15)23/h5-8,14,18,23H,4,9-13H2,1-3H3,(H,20,24)/p+1/t14-,18-/m0/s1. The van der Waals surface area contributed by atoms with Gasteiger partial charge in [0.1, 0.15) is 11.8 Å². The highest BCUT2D eigenvalue weighted by Crippen LogP contribution is 2.25. The minimum absolute atomic E-state index is 0.0271. The van der Waals surface area contributed by atoms with E-state index < -0.39 is 12.0 Å². The third kappa shape index (κ3) is 5.11. The molecule has 0 aromatic heterocycles. The van der Waals surface area contributed by atoms with Crippen LogP contribution in [0, 0.1) is 5.92 Å². The van der Waals surface area contributed by atoms with E-state index in [0.717, 1.165) is 38.3 Å². The molecule has 1 heterocycles. The Bertz CT molecular complexity index is 615. The molecule has 0 bridgehead atoms. The van der Waals surface area contributed by atoms with Crippen LogP contribution in [0.15, 0.2) is 24.3 Å². The number of piperazine rings is 1. The van der Waals surface area contributed by atoms with E-state index in [4.69, 9.17) is 4.74 Å². The lowest BCUT2D eigenvalue weighted by Gasteiger charge is -2.33. The zero-order valence-corrected chi connectivity index (χ0v) is 15.8. The van der Waals surface area contributed by atoms with Crippen LogP contribution in [0.1, 0.15) is 20.3 Å². The predicted molar refractivity (Wildman–Crippen MR) is 99.3 cm³/mol. The van der Waals surface area contributed by atoms with Gasteiger partial charge in [-0.2, -0.15) is 0 Å². The highest BCUT2D eigenvalue weighted by atomic mass is 16.5. The van der Waals surface area contributed by atoms with Crippen molar-refractivity contribution in [1.82, 2.24) is 5.32 Å². The summed E-state index contributed by atoms with van der Waals surface area (Å²) in [6, 6.07) is 6.70. The quantitative estimate of drug-likeness (QED) is 0.584. The summed E-state index contributed by atoms with van der Waals surface area (Å²) in [5.41, 5.74) is 0.832. The monoisotopic (exact) mass is 364 g/mol. The number of carbonyl (C=O) groups excluding carboxylic acids is 2. The van der Waals surface area contributed by atoms with Crippen molar-refractivity contribution in [2.75, 3.05) is 44.7 Å². The molecule has 0 saturated carbocycles. The van der Waals surface area contributed by atoms with Crippen LogP contribution in [-0.4, -0.2) is 62.9 Å². The van der Waals surface area contributed by atoms with Crippen molar-refractivity contribution in [3.8, 4) is 5.75 Å². The second-order valence-corrected chi connectivity index (χ2v) is 6.86. The summed E-state index contributed by atoms with van der Waals surface area (Å²) in [6.07, 6.45) is 0.784. The molecule has 1 aliphatic heterocycles. The average Bonchev–Trinajstić information content (AvgIpc) is 2.66. The smallest absolute Gasteiger partial charge is 0.328 e. The molecule has 0 radical (unpaired) electrons. The molecule has 26 heavy (non-hydrogen) atoms. The Kier molecular flexibility index (Phi) is 7.26. The van der Waals surface area contributed by atoms with Gasteiger partial charge in [-0.1, -0.05) is 32.4 Å². The largest absolute Gasteiger partial charge is 0.506 e. The van der Waals surface area contributed by atoms with Gasteiger partial charge in [-0.05, 0) is 18.1 Å². The summed E-state index contributed by atoms with van der Waals surface area (Å²) < 4.78 is 4.81. The lowest BCUT2D eigenvalue weighted by Crippen LogP contribution is -3.16. The molecule has 1 amide bonds. The van der Waals surface area contributed by atoms with Crippen molar-refractivity contribution < 1.29 is 24.3 Å². The lowest BCUT2D eigenvalue weighted by molar-refractivity contribution is -0.892. The van der Waals surface area contributed by atoms with Gasteiger partial charge in [-0.15, -0.1) is 0 Å². The van der Waals surface area contributed by atoms with E-state index in [2.05, 4.69) is 10.2 Å². The number of methoxy groups -OCH3 is 1. The van der Waals surface area contributed by atoms with Crippen molar-refractivity contribution >= 4 is 17.6 Å². The van der Waals surface area contributed by atoms with Crippen LogP contribution in [0.3, 0.4) is 0 Å². The minimum atomic E-state index is -0.598. The Morgan fingerprint density at radius 2 is 1.96 bits per heavy atom. The Morgan fingerprint density at radius 3 is 2.54 bits per heavy atom. The van der Waals surface area contributed by atoms with Crippen molar-refractivity contribution in [2.24, 2.45) is 5.92 Å². The molecular weight excluding hydrogens is 334 g/mol. The fourth-order valence-corrected chi connectivity index (χ4v) is 3.22. The van der Waals surface area contributed by atoms with Crippen LogP contribution in [0.25, 0.3) is 0 Å². The van der Waals surface area contributed by atoms with Crippen LogP contribution in [-0.2, 0) is 14.3 Å². The van der Waals surface area contributed by atoms with Gasteiger partial charge in [0.2, 0.25) is 0 Å². The topological polar surface area (TPSA) is 83.3 Å². The van der Waals surface area contributed by atoms with Crippen LogP contribution >= 0.6 is 0 Å². The lowest BCUT2D eigenvalue weighted by atomic mass is 9.99. The van der Waals surface area contributed by atoms with Gasteiger partial charge in [0.05, 0.1) is 39.0 Å². The molecule has 0 spiro atoms. The Hall–Kier alpha value is -2.28. The van der Waals surface area contributed by atoms with Gasteiger partial charge in [-0.3, -0.25) is 4.79 Å².